The first kappa shape index (κ1) is 11.9. The molecule has 0 amide bonds. The van der Waals surface area contributed by atoms with E-state index in [1.807, 2.05) is 16.4 Å². The summed E-state index contributed by atoms with van der Waals surface area (Å²) in [4.78, 5) is 0. The van der Waals surface area contributed by atoms with Crippen LogP contribution in [0.3, 0.4) is 0 Å². The molecule has 5 nitrogen and oxygen atoms in total. The maximum Gasteiger partial charge on any atom is 0.209 e. The summed E-state index contributed by atoms with van der Waals surface area (Å²) in [6.45, 7) is 3.62. The highest BCUT2D eigenvalue weighted by molar-refractivity contribution is 7.99. The van der Waals surface area contributed by atoms with Gasteiger partial charge in [-0.3, -0.25) is 0 Å². The van der Waals surface area contributed by atoms with E-state index >= 15 is 0 Å². The van der Waals surface area contributed by atoms with Crippen LogP contribution in [0.25, 0.3) is 0 Å². The molecule has 0 unspecified atom stereocenters. The fourth-order valence-electron chi connectivity index (χ4n) is 2.04. The second kappa shape index (κ2) is 5.63. The quantitative estimate of drug-likeness (QED) is 0.860. The highest BCUT2D eigenvalue weighted by atomic mass is 32.2. The Morgan fingerprint density at radius 1 is 1.38 bits per heavy atom. The summed E-state index contributed by atoms with van der Waals surface area (Å²) in [6.07, 6.45) is 5.22. The monoisotopic (exact) mass is 241 g/mol. The van der Waals surface area contributed by atoms with Crippen LogP contribution in [0.15, 0.2) is 5.16 Å². The average Bonchev–Trinajstić information content (AvgIpc) is 2.70. The van der Waals surface area contributed by atoms with E-state index in [9.17, 15) is 0 Å². The Hall–Kier alpha value is -0.620. The summed E-state index contributed by atoms with van der Waals surface area (Å²) in [5.74, 6) is 0.886. The molecule has 2 N–H and O–H groups in total. The molecular weight excluding hydrogens is 222 g/mol. The van der Waals surface area contributed by atoms with Gasteiger partial charge in [-0.05, 0) is 42.0 Å². The lowest BCUT2D eigenvalue weighted by molar-refractivity contribution is 0.392. The smallest absolute Gasteiger partial charge is 0.209 e. The fourth-order valence-corrected chi connectivity index (χ4v) is 3.18. The first-order chi connectivity index (χ1) is 7.79. The van der Waals surface area contributed by atoms with Crippen LogP contribution in [0, 0.1) is 5.92 Å². The van der Waals surface area contributed by atoms with E-state index in [1.54, 1.807) is 0 Å². The first-order valence-electron chi connectivity index (χ1n) is 5.92. The molecule has 0 radical (unpaired) electrons. The van der Waals surface area contributed by atoms with Crippen LogP contribution in [0.1, 0.15) is 32.6 Å². The molecule has 1 fully saturated rings. The van der Waals surface area contributed by atoms with Gasteiger partial charge in [0.2, 0.25) is 5.16 Å². The van der Waals surface area contributed by atoms with E-state index in [4.69, 9.17) is 5.73 Å². The molecule has 1 heterocycles. The largest absolute Gasteiger partial charge is 0.329 e. The third-order valence-corrected chi connectivity index (χ3v) is 4.38. The van der Waals surface area contributed by atoms with Gasteiger partial charge < -0.3 is 5.73 Å². The van der Waals surface area contributed by atoms with Crippen LogP contribution < -0.4 is 5.73 Å². The van der Waals surface area contributed by atoms with E-state index < -0.39 is 0 Å². The van der Waals surface area contributed by atoms with Crippen molar-refractivity contribution in [2.24, 2.45) is 11.7 Å². The van der Waals surface area contributed by atoms with Gasteiger partial charge in [0.05, 0.1) is 6.54 Å². The maximum absolute atomic E-state index is 5.51. The van der Waals surface area contributed by atoms with E-state index in [1.165, 1.54) is 25.7 Å². The topological polar surface area (TPSA) is 69.6 Å². The van der Waals surface area contributed by atoms with Gasteiger partial charge in [-0.1, -0.05) is 18.7 Å². The molecule has 1 aromatic rings. The molecule has 6 heteroatoms. The van der Waals surface area contributed by atoms with Crippen LogP contribution >= 0.6 is 11.8 Å². The van der Waals surface area contributed by atoms with E-state index in [-0.39, 0.29) is 0 Å². The lowest BCUT2D eigenvalue weighted by Crippen LogP contribution is -2.16. The summed E-state index contributed by atoms with van der Waals surface area (Å²) in [5, 5.41) is 13.3. The number of thioether (sulfide) groups is 1. The third-order valence-electron chi connectivity index (χ3n) is 3.07. The molecular formula is C10H19N5S. The van der Waals surface area contributed by atoms with Crippen molar-refractivity contribution < 1.29 is 0 Å². The van der Waals surface area contributed by atoms with Gasteiger partial charge in [-0.2, -0.15) is 0 Å². The zero-order valence-electron chi connectivity index (χ0n) is 9.67. The third kappa shape index (κ3) is 2.95. The number of hydrogen-bond acceptors (Lipinski definition) is 5. The van der Waals surface area contributed by atoms with Crippen LogP contribution in [0.5, 0.6) is 0 Å². The normalized spacial score (nSPS) is 25.9. The van der Waals surface area contributed by atoms with Crippen molar-refractivity contribution in [1.82, 2.24) is 20.2 Å². The molecule has 1 aliphatic carbocycles. The highest BCUT2D eigenvalue weighted by Crippen LogP contribution is 2.34. The second-order valence-electron chi connectivity index (χ2n) is 4.47. The maximum atomic E-state index is 5.51. The SMILES string of the molecule is CC1CCC(Sc2nnnn2CCN)CC1. The van der Waals surface area contributed by atoms with E-state index in [0.717, 1.165) is 11.1 Å². The second-order valence-corrected chi connectivity index (χ2v) is 5.74. The van der Waals surface area contributed by atoms with Crippen molar-refractivity contribution in [1.29, 1.82) is 0 Å². The molecule has 0 aliphatic heterocycles. The zero-order chi connectivity index (χ0) is 11.4. The Morgan fingerprint density at radius 2 is 2.12 bits per heavy atom. The minimum atomic E-state index is 0.584. The van der Waals surface area contributed by atoms with Crippen molar-refractivity contribution in [2.75, 3.05) is 6.54 Å². The number of nitrogens with two attached hydrogens (primary N) is 1. The molecule has 0 atom stereocenters. The summed E-state index contributed by atoms with van der Waals surface area (Å²) in [7, 11) is 0. The van der Waals surface area contributed by atoms with Crippen LogP contribution in [0.2, 0.25) is 0 Å². The molecule has 0 aromatic carbocycles. The number of rotatable bonds is 4. The average molecular weight is 241 g/mol. The summed E-state index contributed by atoms with van der Waals surface area (Å²) < 4.78 is 1.81. The Labute approximate surface area is 100 Å². The van der Waals surface area contributed by atoms with Crippen LogP contribution in [0.4, 0.5) is 0 Å². The van der Waals surface area contributed by atoms with Crippen molar-refractivity contribution >= 4 is 11.8 Å². The minimum Gasteiger partial charge on any atom is -0.329 e. The Balaban J connectivity index is 1.90. The molecule has 90 valence electrons. The zero-order valence-corrected chi connectivity index (χ0v) is 10.5. The molecule has 1 aliphatic rings. The summed E-state index contributed by atoms with van der Waals surface area (Å²) in [6, 6.07) is 0. The molecule has 16 heavy (non-hydrogen) atoms. The van der Waals surface area contributed by atoms with Crippen LogP contribution in [-0.2, 0) is 6.54 Å². The van der Waals surface area contributed by atoms with E-state index in [0.29, 0.717) is 18.3 Å². The number of aromatic nitrogens is 4. The molecule has 0 spiro atoms. The van der Waals surface area contributed by atoms with Crippen molar-refractivity contribution in [3.05, 3.63) is 0 Å². The van der Waals surface area contributed by atoms with E-state index in [2.05, 4.69) is 22.4 Å². The van der Waals surface area contributed by atoms with Gasteiger partial charge in [-0.25, -0.2) is 4.68 Å². The van der Waals surface area contributed by atoms with Gasteiger partial charge in [0, 0.05) is 11.8 Å². The Morgan fingerprint density at radius 3 is 2.81 bits per heavy atom. The molecule has 1 saturated carbocycles. The number of tetrazole rings is 1. The predicted molar refractivity (Wildman–Crippen MR) is 64.1 cm³/mol. The molecule has 1 aromatic heterocycles. The Kier molecular flexibility index (Phi) is 4.17. The molecule has 0 bridgehead atoms. The predicted octanol–water partition coefficient (Wildman–Crippen LogP) is 1.30. The lowest BCUT2D eigenvalue weighted by Gasteiger charge is -2.24. The van der Waals surface area contributed by atoms with Gasteiger partial charge in [-0.15, -0.1) is 5.10 Å². The lowest BCUT2D eigenvalue weighted by atomic mass is 9.91. The summed E-state index contributed by atoms with van der Waals surface area (Å²) in [5.41, 5.74) is 5.51. The number of hydrogen-bond donors (Lipinski definition) is 1. The van der Waals surface area contributed by atoms with Gasteiger partial charge in [0.25, 0.3) is 0 Å². The van der Waals surface area contributed by atoms with Crippen molar-refractivity contribution in [3.8, 4) is 0 Å². The standard InChI is InChI=1S/C10H19N5S/c1-8-2-4-9(5-3-8)16-10-12-13-14-15(10)7-6-11/h8-9H,2-7,11H2,1H3. The van der Waals surface area contributed by atoms with Crippen molar-refractivity contribution in [3.63, 3.8) is 0 Å². The molecule has 0 saturated heterocycles. The Bertz CT molecular complexity index is 319. The van der Waals surface area contributed by atoms with Gasteiger partial charge >= 0.3 is 0 Å². The van der Waals surface area contributed by atoms with Gasteiger partial charge in [0.15, 0.2) is 0 Å². The summed E-state index contributed by atoms with van der Waals surface area (Å²) >= 11 is 1.81. The molecule has 2 rings (SSSR count). The minimum absolute atomic E-state index is 0.584. The number of nitrogens with zero attached hydrogens (tertiary/aromatic N) is 4. The van der Waals surface area contributed by atoms with Crippen molar-refractivity contribution in [2.45, 2.75) is 49.6 Å². The van der Waals surface area contributed by atoms with Gasteiger partial charge in [0.1, 0.15) is 0 Å². The van der Waals surface area contributed by atoms with Crippen LogP contribution in [-0.4, -0.2) is 32.0 Å². The fraction of sp³-hybridized carbons (Fsp3) is 0.900. The first-order valence-corrected chi connectivity index (χ1v) is 6.80. The highest BCUT2D eigenvalue weighted by Gasteiger charge is 2.21.